The zero-order chi connectivity index (χ0) is 91.2. The van der Waals surface area contributed by atoms with E-state index in [9.17, 15) is 0 Å². The molecule has 6 aromatic rings. The quantitative estimate of drug-likeness (QED) is 0.0235. The van der Waals surface area contributed by atoms with Crippen LogP contribution in [0.5, 0.6) is 17.2 Å². The topological polar surface area (TPSA) is 73.8 Å². The number of rotatable bonds is 32. The monoisotopic (exact) mass is 1770 g/mol. The molecule has 4 saturated heterocycles. The van der Waals surface area contributed by atoms with Crippen LogP contribution < -0.4 is 57.4 Å². The van der Waals surface area contributed by atoms with E-state index in [1.807, 2.05) is 0 Å². The van der Waals surface area contributed by atoms with Gasteiger partial charge in [0.15, 0.2) is 18.9 Å². The second kappa shape index (κ2) is 57.0. The number of hydrogen-bond acceptors (Lipinski definition) is 8. The molecule has 0 spiro atoms. The Hall–Kier alpha value is -3.74. The first-order valence-corrected chi connectivity index (χ1v) is 50.0. The summed E-state index contributed by atoms with van der Waals surface area (Å²) in [5.74, 6) is 2.73. The van der Waals surface area contributed by atoms with Gasteiger partial charge in [-0.05, 0) is 241 Å². The molecule has 0 aromatic heterocycles. The third kappa shape index (κ3) is 41.9. The average molecular weight is 1770 g/mol. The SMILES string of the molecule is CC(C)(C)c1cc(Br)cc(C(C)(C)C)c1.CCCCCCCCc1cc(B2OC(C)(C)C(C)(C)O2)c(OC2CCCCO2)c(-c2cc(C(C)(C)C)cc(C(C)(C)C)c2)c1.CCCCCCCCc1ccc(OC2CCCCO2)c(-c2cc(C(C)(C)C)cc(C(C)(C)C)c2)c1.CCCCCCCCc1ccc(OC2CCCCO2)cc1.[CH2-]CCC.[CH2-]CCC.[Li+].[Li+]. The normalized spacial score (nSPS) is 17.0. The van der Waals surface area contributed by atoms with Gasteiger partial charge >= 0.3 is 44.8 Å². The maximum absolute atomic E-state index is 6.91. The molecule has 6 aromatic carbocycles. The number of aryl methyl sites for hydroxylation is 3. The van der Waals surface area contributed by atoms with Crippen molar-refractivity contribution in [3.05, 3.63) is 178 Å². The molecule has 0 saturated carbocycles. The summed E-state index contributed by atoms with van der Waals surface area (Å²) in [4.78, 5) is 0. The van der Waals surface area contributed by atoms with E-state index in [2.05, 4.69) is 326 Å². The molecule has 3 atom stereocenters. The standard InChI is InChI=1S/C39H61BO4.C33H50O2.C19H30O2.C14H21Br.2C4H9.2Li/c1-12-13-14-15-16-17-20-28-23-32(29-25-30(36(2,3)4)27-31(26-29)37(5,6)7)35(42-34-21-18-19-22-41-34)33(24-28)40-43-38(8,9)39(10,11)44-40;1-8-9-10-11-12-13-16-25-18-19-30(35-31-17-14-15-20-34-31)29(21-25)26-22-27(32(2,3)4)24-28(23-26)33(5,6)7;1-2-3-4-5-6-7-10-17-12-14-18(15-13-17)21-19-11-8-9-16-20-19;1-13(2,3)10-7-11(14(4,5)6)9-12(15)8-10;2*1-3-4-2;;/h23-27,34H,12-22H2,1-11H3;18-19,21-24,31H,8-17,20H2,1-7H3;12-15,19H,2-11,16H2,1H3;7-9H,1-6H3;2*1,3-4H2,2H3;;/q;;;;2*-1;2*+1. The van der Waals surface area contributed by atoms with Gasteiger partial charge in [0.25, 0.3) is 0 Å². The van der Waals surface area contributed by atoms with Crippen molar-refractivity contribution >= 4 is 28.5 Å². The molecule has 12 heteroatoms. The Bertz CT molecular complexity index is 3790. The summed E-state index contributed by atoms with van der Waals surface area (Å²) >= 11 is 3.60. The van der Waals surface area contributed by atoms with Gasteiger partial charge in [0.2, 0.25) is 0 Å². The fourth-order valence-corrected chi connectivity index (χ4v) is 15.6. The van der Waals surface area contributed by atoms with Gasteiger partial charge in [-0.25, -0.2) is 0 Å². The molecule has 0 radical (unpaired) electrons. The maximum Gasteiger partial charge on any atom is 1.00 e. The molecule has 0 aliphatic carbocycles. The summed E-state index contributed by atoms with van der Waals surface area (Å²) in [6.45, 7) is 70.3. The molecule has 692 valence electrons. The Morgan fingerprint density at radius 3 is 1.02 bits per heavy atom. The summed E-state index contributed by atoms with van der Waals surface area (Å²) in [5, 5.41) is 0. The van der Waals surface area contributed by atoms with Crippen LogP contribution in [0.4, 0.5) is 0 Å². The first-order chi connectivity index (χ1) is 57.9. The minimum absolute atomic E-state index is 0. The van der Waals surface area contributed by atoms with Gasteiger partial charge in [0, 0.05) is 40.3 Å². The van der Waals surface area contributed by atoms with Gasteiger partial charge in [-0.2, -0.15) is 12.8 Å². The van der Waals surface area contributed by atoms with E-state index in [0.29, 0.717) is 0 Å². The van der Waals surface area contributed by atoms with Crippen molar-refractivity contribution in [1.82, 2.24) is 0 Å². The predicted molar refractivity (Wildman–Crippen MR) is 537 cm³/mol. The van der Waals surface area contributed by atoms with Crippen molar-refractivity contribution in [1.29, 1.82) is 0 Å². The van der Waals surface area contributed by atoms with E-state index in [1.165, 1.54) is 219 Å². The molecule has 4 aliphatic heterocycles. The van der Waals surface area contributed by atoms with Crippen LogP contribution in [0.25, 0.3) is 22.3 Å². The first-order valence-electron chi connectivity index (χ1n) is 49.2. The molecular weight excluding hydrogens is 1590 g/mol. The summed E-state index contributed by atoms with van der Waals surface area (Å²) in [7, 11) is -0.519. The van der Waals surface area contributed by atoms with Gasteiger partial charge in [-0.15, -0.1) is 0 Å². The Labute approximate surface area is 802 Å². The minimum Gasteiger partial charge on any atom is -0.465 e. The second-order valence-corrected chi connectivity index (χ2v) is 43.9. The molecular formula is C113H180BBrLi2O8. The number of unbranched alkanes of at least 4 members (excludes halogenated alkanes) is 17. The summed E-state index contributed by atoms with van der Waals surface area (Å²) < 4.78 is 51.6. The van der Waals surface area contributed by atoms with Crippen LogP contribution in [-0.2, 0) is 75.3 Å². The van der Waals surface area contributed by atoms with Crippen LogP contribution in [0.2, 0.25) is 0 Å². The molecule has 8 nitrogen and oxygen atoms in total. The van der Waals surface area contributed by atoms with Crippen LogP contribution in [0.15, 0.2) is 114 Å². The first kappa shape index (κ1) is 115. The van der Waals surface area contributed by atoms with Crippen molar-refractivity contribution in [3.8, 4) is 39.5 Å². The Balaban J connectivity index is 0.000000441. The third-order valence-electron chi connectivity index (χ3n) is 24.6. The largest absolute Gasteiger partial charge is 1.00 e. The van der Waals surface area contributed by atoms with Crippen LogP contribution >= 0.6 is 15.9 Å². The zero-order valence-corrected chi connectivity index (χ0v) is 87.5. The van der Waals surface area contributed by atoms with E-state index in [-0.39, 0.29) is 89.1 Å². The fraction of sp³-hybridized carbons (Fsp3) is 0.664. The van der Waals surface area contributed by atoms with Crippen molar-refractivity contribution in [2.45, 2.75) is 468 Å². The average Bonchev–Trinajstić information content (AvgIpc) is 1.65. The van der Waals surface area contributed by atoms with Gasteiger partial charge in [-0.3, -0.25) is 0 Å². The molecule has 0 amide bonds. The van der Waals surface area contributed by atoms with Crippen molar-refractivity contribution < 1.29 is 75.5 Å². The molecule has 0 bridgehead atoms. The van der Waals surface area contributed by atoms with Gasteiger partial charge in [-0.1, -0.05) is 351 Å². The number of ether oxygens (including phenoxy) is 6. The van der Waals surface area contributed by atoms with Gasteiger partial charge in [0.1, 0.15) is 17.2 Å². The molecule has 4 fully saturated rings. The Morgan fingerprint density at radius 2 is 0.664 bits per heavy atom. The number of benzene rings is 6. The number of hydrogen-bond donors (Lipinski definition) is 0. The van der Waals surface area contributed by atoms with E-state index < -0.39 is 18.3 Å². The van der Waals surface area contributed by atoms with E-state index >= 15 is 0 Å². The second-order valence-electron chi connectivity index (χ2n) is 43.0. The van der Waals surface area contributed by atoms with Crippen molar-refractivity contribution in [2.75, 3.05) is 19.8 Å². The van der Waals surface area contributed by atoms with Crippen LogP contribution in [0.3, 0.4) is 0 Å². The maximum atomic E-state index is 6.91. The molecule has 4 aliphatic rings. The molecule has 3 unspecified atom stereocenters. The van der Waals surface area contributed by atoms with Gasteiger partial charge in [0.05, 0.1) is 31.0 Å². The summed E-state index contributed by atoms with van der Waals surface area (Å²) in [6.07, 6.45) is 40.9. The Morgan fingerprint density at radius 1 is 0.352 bits per heavy atom. The molecule has 4 heterocycles. The Kier molecular flexibility index (Phi) is 52.6. The van der Waals surface area contributed by atoms with Crippen LogP contribution in [-0.4, -0.2) is 57.0 Å². The smallest absolute Gasteiger partial charge is 0.465 e. The summed E-state index contributed by atoms with van der Waals surface area (Å²) in [6, 6.07) is 41.2. The van der Waals surface area contributed by atoms with Crippen LogP contribution in [0.1, 0.15) is 436 Å². The molecule has 125 heavy (non-hydrogen) atoms. The van der Waals surface area contributed by atoms with E-state index in [4.69, 9.17) is 37.7 Å². The number of halogens is 1. The third-order valence-corrected chi connectivity index (χ3v) is 25.0. The van der Waals surface area contributed by atoms with Crippen molar-refractivity contribution in [3.63, 3.8) is 0 Å². The van der Waals surface area contributed by atoms with E-state index in [0.717, 1.165) is 119 Å². The van der Waals surface area contributed by atoms with E-state index in [1.54, 1.807) is 0 Å². The van der Waals surface area contributed by atoms with Crippen LogP contribution in [0, 0.1) is 13.8 Å². The molecule has 10 rings (SSSR count). The van der Waals surface area contributed by atoms with Gasteiger partial charge < -0.3 is 51.6 Å². The summed E-state index contributed by atoms with van der Waals surface area (Å²) in [5.41, 5.74) is 17.8. The zero-order valence-electron chi connectivity index (χ0n) is 85.9. The fourth-order valence-electron chi connectivity index (χ4n) is 15.1. The minimum atomic E-state index is -0.519. The predicted octanol–water partition coefficient (Wildman–Crippen LogP) is 27.6. The van der Waals surface area contributed by atoms with Crippen molar-refractivity contribution in [2.24, 2.45) is 0 Å². The molecule has 0 N–H and O–H groups in total.